The quantitative estimate of drug-likeness (QED) is 0.379. The molecule has 35 heavy (non-hydrogen) atoms. The van der Waals surface area contributed by atoms with E-state index in [2.05, 4.69) is 32.9 Å². The maximum atomic E-state index is 12.9. The number of aliphatic hydroxyl groups is 1. The second-order valence-electron chi connectivity index (χ2n) is 12.5. The number of rotatable bonds is 5. The van der Waals surface area contributed by atoms with Crippen LogP contribution >= 0.6 is 0 Å². The van der Waals surface area contributed by atoms with E-state index in [0.29, 0.717) is 48.5 Å². The van der Waals surface area contributed by atoms with Crippen LogP contribution in [0.4, 0.5) is 0 Å². The van der Waals surface area contributed by atoms with Gasteiger partial charge in [-0.1, -0.05) is 44.6 Å². The summed E-state index contributed by atoms with van der Waals surface area (Å²) in [5.74, 6) is 1.16. The van der Waals surface area contributed by atoms with E-state index in [1.807, 2.05) is 19.1 Å². The smallest absolute Gasteiger partial charge is 0.169 e. The van der Waals surface area contributed by atoms with Gasteiger partial charge >= 0.3 is 0 Å². The summed E-state index contributed by atoms with van der Waals surface area (Å²) in [6, 6.07) is 9.53. The van der Waals surface area contributed by atoms with Crippen molar-refractivity contribution < 1.29 is 14.6 Å². The van der Waals surface area contributed by atoms with Crippen molar-refractivity contribution in [2.45, 2.75) is 97.9 Å². The minimum atomic E-state index is -1.13. The Morgan fingerprint density at radius 2 is 1.83 bits per heavy atom. The number of carbonyl (C=O) groups excluding carboxylic acids is 1. The Bertz CT molecular complexity index is 1070. The molecule has 1 aromatic carbocycles. The summed E-state index contributed by atoms with van der Waals surface area (Å²) >= 11 is 0. The Morgan fingerprint density at radius 3 is 2.49 bits per heavy atom. The molecule has 0 aromatic heterocycles. The Kier molecular flexibility index (Phi) is 6.05. The molecule has 0 bridgehead atoms. The van der Waals surface area contributed by atoms with Gasteiger partial charge in [0, 0.05) is 18.3 Å². The molecular formula is C31H41NO3. The predicted octanol–water partition coefficient (Wildman–Crippen LogP) is 6.71. The van der Waals surface area contributed by atoms with Crippen molar-refractivity contribution in [3.05, 3.63) is 47.0 Å². The number of nitrogens with zero attached hydrogens (tertiary/aromatic N) is 1. The number of benzene rings is 1. The molecule has 0 radical (unpaired) electrons. The fourth-order valence-corrected chi connectivity index (χ4v) is 9.18. The van der Waals surface area contributed by atoms with E-state index in [-0.39, 0.29) is 16.2 Å². The standard InChI is InChI=1S/C31H41NO3/c1-5-30(21(2)33)15-13-27-25-11-10-24-18-31(34,35-20-23-8-6-22(19-32)7-9-23)17-16-28(24,3)26(25)12-14-29(27,30)4/h6-10,25-27,34H,5,11-18,20H2,1-4H3. The van der Waals surface area contributed by atoms with Crippen molar-refractivity contribution in [3.8, 4) is 6.07 Å². The van der Waals surface area contributed by atoms with Crippen LogP contribution in [0.1, 0.15) is 96.6 Å². The number of ketones is 1. The largest absolute Gasteiger partial charge is 0.365 e. The van der Waals surface area contributed by atoms with Crippen LogP contribution < -0.4 is 0 Å². The summed E-state index contributed by atoms with van der Waals surface area (Å²) in [5, 5.41) is 20.4. The highest BCUT2D eigenvalue weighted by molar-refractivity contribution is 5.83. The first-order valence-corrected chi connectivity index (χ1v) is 13.7. The minimum Gasteiger partial charge on any atom is -0.365 e. The van der Waals surface area contributed by atoms with Gasteiger partial charge in [0.2, 0.25) is 0 Å². The molecule has 1 N–H and O–H groups in total. The monoisotopic (exact) mass is 475 g/mol. The molecule has 5 rings (SSSR count). The van der Waals surface area contributed by atoms with E-state index < -0.39 is 5.79 Å². The third-order valence-corrected chi connectivity index (χ3v) is 11.4. The van der Waals surface area contributed by atoms with Crippen LogP contribution in [-0.4, -0.2) is 16.7 Å². The van der Waals surface area contributed by atoms with Gasteiger partial charge in [0.1, 0.15) is 5.78 Å². The van der Waals surface area contributed by atoms with Crippen LogP contribution in [0, 0.1) is 45.3 Å². The zero-order valence-corrected chi connectivity index (χ0v) is 21.9. The van der Waals surface area contributed by atoms with E-state index in [1.54, 1.807) is 12.1 Å². The molecule has 0 saturated heterocycles. The minimum absolute atomic E-state index is 0.113. The summed E-state index contributed by atoms with van der Waals surface area (Å²) in [4.78, 5) is 12.9. The van der Waals surface area contributed by atoms with E-state index >= 15 is 0 Å². The number of ether oxygens (including phenoxy) is 1. The molecule has 3 saturated carbocycles. The molecule has 0 heterocycles. The van der Waals surface area contributed by atoms with Gasteiger partial charge in [-0.3, -0.25) is 4.79 Å². The van der Waals surface area contributed by atoms with E-state index in [4.69, 9.17) is 10.00 Å². The molecule has 188 valence electrons. The molecule has 7 atom stereocenters. The topological polar surface area (TPSA) is 70.3 Å². The molecule has 7 unspecified atom stereocenters. The van der Waals surface area contributed by atoms with Crippen molar-refractivity contribution in [1.29, 1.82) is 5.26 Å². The van der Waals surface area contributed by atoms with Gasteiger partial charge < -0.3 is 9.84 Å². The Hall–Kier alpha value is -1.96. The zero-order valence-electron chi connectivity index (χ0n) is 21.9. The number of hydrogen-bond acceptors (Lipinski definition) is 4. The van der Waals surface area contributed by atoms with Gasteiger partial charge in [0.05, 0.1) is 18.2 Å². The molecule has 4 aliphatic rings. The first kappa shape index (κ1) is 24.7. The van der Waals surface area contributed by atoms with Gasteiger partial charge in [0.15, 0.2) is 5.79 Å². The number of Topliss-reactive ketones (excluding diaryl/α,β-unsaturated/α-hetero) is 1. The van der Waals surface area contributed by atoms with Gasteiger partial charge in [-0.2, -0.15) is 5.26 Å². The first-order valence-electron chi connectivity index (χ1n) is 13.7. The first-order chi connectivity index (χ1) is 16.6. The van der Waals surface area contributed by atoms with Gasteiger partial charge in [-0.05, 0) is 98.1 Å². The van der Waals surface area contributed by atoms with Crippen LogP contribution in [0.2, 0.25) is 0 Å². The third kappa shape index (κ3) is 3.65. The maximum absolute atomic E-state index is 12.9. The highest BCUT2D eigenvalue weighted by Crippen LogP contribution is 2.70. The Balaban J connectivity index is 1.33. The van der Waals surface area contributed by atoms with Crippen molar-refractivity contribution in [3.63, 3.8) is 0 Å². The van der Waals surface area contributed by atoms with Gasteiger partial charge in [-0.15, -0.1) is 0 Å². The average molecular weight is 476 g/mol. The lowest BCUT2D eigenvalue weighted by Crippen LogP contribution is -2.55. The Morgan fingerprint density at radius 1 is 1.11 bits per heavy atom. The van der Waals surface area contributed by atoms with E-state index in [9.17, 15) is 9.90 Å². The van der Waals surface area contributed by atoms with Crippen LogP contribution in [0.5, 0.6) is 0 Å². The fraction of sp³-hybridized carbons (Fsp3) is 0.677. The third-order valence-electron chi connectivity index (χ3n) is 11.4. The van der Waals surface area contributed by atoms with E-state index in [0.717, 1.165) is 37.7 Å². The molecule has 4 heteroatoms. The molecule has 4 aliphatic carbocycles. The van der Waals surface area contributed by atoms with Crippen LogP contribution in [0.3, 0.4) is 0 Å². The number of allylic oxidation sites excluding steroid dienone is 1. The molecule has 0 spiro atoms. The Labute approximate surface area is 210 Å². The summed E-state index contributed by atoms with van der Waals surface area (Å²) in [6.07, 6.45) is 11.2. The van der Waals surface area contributed by atoms with Crippen molar-refractivity contribution >= 4 is 5.78 Å². The van der Waals surface area contributed by atoms with Crippen LogP contribution in [0.25, 0.3) is 0 Å². The van der Waals surface area contributed by atoms with Crippen molar-refractivity contribution in [1.82, 2.24) is 0 Å². The molecular weight excluding hydrogens is 434 g/mol. The maximum Gasteiger partial charge on any atom is 0.169 e. The van der Waals surface area contributed by atoms with Crippen LogP contribution in [0.15, 0.2) is 35.9 Å². The van der Waals surface area contributed by atoms with Gasteiger partial charge in [-0.25, -0.2) is 0 Å². The highest BCUT2D eigenvalue weighted by Gasteiger charge is 2.65. The predicted molar refractivity (Wildman–Crippen MR) is 136 cm³/mol. The summed E-state index contributed by atoms with van der Waals surface area (Å²) in [6.45, 7) is 9.28. The van der Waals surface area contributed by atoms with E-state index in [1.165, 1.54) is 18.4 Å². The number of carbonyl (C=O) groups is 1. The number of fused-ring (bicyclic) bond motifs is 5. The SMILES string of the molecule is CCC1(C(C)=O)CCC2C3CC=C4CC(O)(OCc5ccc(C#N)cc5)CCC4(C)C3CCC21C. The van der Waals surface area contributed by atoms with Gasteiger partial charge in [0.25, 0.3) is 0 Å². The second kappa shape index (κ2) is 8.56. The highest BCUT2D eigenvalue weighted by atomic mass is 16.6. The summed E-state index contributed by atoms with van der Waals surface area (Å²) in [7, 11) is 0. The van der Waals surface area contributed by atoms with Crippen molar-refractivity contribution in [2.24, 2.45) is 34.0 Å². The van der Waals surface area contributed by atoms with Crippen molar-refractivity contribution in [2.75, 3.05) is 0 Å². The summed E-state index contributed by atoms with van der Waals surface area (Å²) < 4.78 is 6.11. The molecule has 0 aliphatic heterocycles. The number of nitriles is 1. The average Bonchev–Trinajstić information content (AvgIpc) is 3.17. The zero-order chi connectivity index (χ0) is 25.1. The molecule has 4 nitrogen and oxygen atoms in total. The molecule has 0 amide bonds. The summed E-state index contributed by atoms with van der Waals surface area (Å²) in [5.41, 5.74) is 3.08. The number of hydrogen-bond donors (Lipinski definition) is 1. The molecule has 3 fully saturated rings. The normalized spacial score (nSPS) is 42.3. The lowest BCUT2D eigenvalue weighted by Gasteiger charge is -2.60. The lowest BCUT2D eigenvalue weighted by atomic mass is 9.45. The fourth-order valence-electron chi connectivity index (χ4n) is 9.18. The molecule has 1 aromatic rings. The lowest BCUT2D eigenvalue weighted by molar-refractivity contribution is -0.231. The second-order valence-corrected chi connectivity index (χ2v) is 12.5. The van der Waals surface area contributed by atoms with Crippen LogP contribution in [-0.2, 0) is 16.1 Å².